The minimum absolute atomic E-state index is 0.253. The highest BCUT2D eigenvalue weighted by atomic mass is 19.4. The number of aliphatic hydroxyl groups excluding tert-OH is 4. The van der Waals surface area contributed by atoms with Gasteiger partial charge in [-0.15, -0.1) is 0 Å². The van der Waals surface area contributed by atoms with Crippen molar-refractivity contribution in [1.82, 2.24) is 0 Å². The molecule has 5 nitrogen and oxygen atoms in total. The first-order valence-electron chi connectivity index (χ1n) is 3.46. The van der Waals surface area contributed by atoms with Gasteiger partial charge in [0.05, 0.1) is 0 Å². The molecular weight excluding hydrogens is 209 g/mol. The molecule has 0 bridgehead atoms. The van der Waals surface area contributed by atoms with Gasteiger partial charge in [-0.2, -0.15) is 13.2 Å². The monoisotopic (exact) mass is 218 g/mol. The highest BCUT2D eigenvalue weighted by Gasteiger charge is 2.46. The summed E-state index contributed by atoms with van der Waals surface area (Å²) in [5.41, 5.74) is 0. The first-order chi connectivity index (χ1) is 6.21. The summed E-state index contributed by atoms with van der Waals surface area (Å²) >= 11 is 0. The van der Waals surface area contributed by atoms with Crippen molar-refractivity contribution in [3.63, 3.8) is 0 Å². The number of alkyl halides is 3. The summed E-state index contributed by atoms with van der Waals surface area (Å²) in [5.74, 6) is 0. The van der Waals surface area contributed by atoms with Crippen molar-refractivity contribution in [2.24, 2.45) is 0 Å². The molecule has 0 saturated carbocycles. The van der Waals surface area contributed by atoms with Crippen molar-refractivity contribution in [1.29, 1.82) is 0 Å². The van der Waals surface area contributed by atoms with E-state index in [0.29, 0.717) is 0 Å². The van der Waals surface area contributed by atoms with Gasteiger partial charge in [0, 0.05) is 0 Å². The number of hydrogen-bond donors (Lipinski definition) is 4. The van der Waals surface area contributed by atoms with E-state index in [-0.39, 0.29) is 6.29 Å². The van der Waals surface area contributed by atoms with Crippen molar-refractivity contribution in [2.75, 3.05) is 0 Å². The van der Waals surface area contributed by atoms with Crippen molar-refractivity contribution >= 4 is 6.29 Å². The van der Waals surface area contributed by atoms with Gasteiger partial charge < -0.3 is 25.2 Å². The van der Waals surface area contributed by atoms with Gasteiger partial charge in [0.15, 0.2) is 12.4 Å². The topological polar surface area (TPSA) is 98.0 Å². The van der Waals surface area contributed by atoms with Crippen LogP contribution in [0.2, 0.25) is 0 Å². The maximum absolute atomic E-state index is 11.7. The van der Waals surface area contributed by atoms with E-state index in [1.807, 2.05) is 0 Å². The number of aldehydes is 1. The lowest BCUT2D eigenvalue weighted by Crippen LogP contribution is -2.50. The average Bonchev–Trinajstić information content (AvgIpc) is 2.11. The highest BCUT2D eigenvalue weighted by molar-refractivity contribution is 5.56. The maximum atomic E-state index is 11.7. The van der Waals surface area contributed by atoms with Gasteiger partial charge in [-0.3, -0.25) is 0 Å². The van der Waals surface area contributed by atoms with E-state index in [4.69, 9.17) is 20.4 Å². The van der Waals surface area contributed by atoms with Crippen LogP contribution in [0.4, 0.5) is 13.2 Å². The summed E-state index contributed by atoms with van der Waals surface area (Å²) in [6.07, 6.45) is -15.8. The molecule has 0 spiro atoms. The van der Waals surface area contributed by atoms with Crippen LogP contribution in [0.15, 0.2) is 0 Å². The lowest BCUT2D eigenvalue weighted by molar-refractivity contribution is -0.246. The van der Waals surface area contributed by atoms with Crippen molar-refractivity contribution in [3.8, 4) is 0 Å². The van der Waals surface area contributed by atoms with Crippen LogP contribution in [-0.4, -0.2) is 57.3 Å². The standard InChI is InChI=1S/C6H9F3O5/c7-6(8,9)5(14)4(13)3(12)2(11)1-10/h1-5,11-14H/t2-,3+,4+,5-/m1/s1. The quantitative estimate of drug-likeness (QED) is 0.417. The molecular formula is C6H9F3O5. The number of aliphatic hydroxyl groups is 4. The van der Waals surface area contributed by atoms with Crippen molar-refractivity contribution in [3.05, 3.63) is 0 Å². The zero-order valence-corrected chi connectivity index (χ0v) is 6.72. The highest BCUT2D eigenvalue weighted by Crippen LogP contribution is 2.24. The molecule has 0 aromatic rings. The lowest BCUT2D eigenvalue weighted by Gasteiger charge is -2.25. The molecule has 0 aromatic carbocycles. The van der Waals surface area contributed by atoms with Crippen LogP contribution < -0.4 is 0 Å². The summed E-state index contributed by atoms with van der Waals surface area (Å²) in [7, 11) is 0. The molecule has 0 aliphatic rings. The fraction of sp³-hybridized carbons (Fsp3) is 0.833. The first-order valence-corrected chi connectivity index (χ1v) is 3.46. The van der Waals surface area contributed by atoms with Crippen LogP contribution in [-0.2, 0) is 4.79 Å². The van der Waals surface area contributed by atoms with Crippen LogP contribution >= 0.6 is 0 Å². The van der Waals surface area contributed by atoms with Crippen LogP contribution in [0, 0.1) is 0 Å². The third-order valence-electron chi connectivity index (χ3n) is 1.50. The van der Waals surface area contributed by atoms with E-state index in [1.54, 1.807) is 0 Å². The van der Waals surface area contributed by atoms with Gasteiger partial charge >= 0.3 is 6.18 Å². The van der Waals surface area contributed by atoms with Crippen molar-refractivity contribution in [2.45, 2.75) is 30.6 Å². The molecule has 84 valence electrons. The summed E-state index contributed by atoms with van der Waals surface area (Å²) in [6.45, 7) is 0. The summed E-state index contributed by atoms with van der Waals surface area (Å²) in [6, 6.07) is 0. The third kappa shape index (κ3) is 3.22. The van der Waals surface area contributed by atoms with Crippen LogP contribution in [0.5, 0.6) is 0 Å². The molecule has 0 unspecified atom stereocenters. The molecule has 14 heavy (non-hydrogen) atoms. The normalized spacial score (nSPS) is 21.1. The van der Waals surface area contributed by atoms with E-state index in [0.717, 1.165) is 0 Å². The van der Waals surface area contributed by atoms with Gasteiger partial charge in [0.2, 0.25) is 0 Å². The average molecular weight is 218 g/mol. The molecule has 0 aliphatic heterocycles. The maximum Gasteiger partial charge on any atom is 0.417 e. The molecule has 0 aromatic heterocycles. The predicted molar refractivity (Wildman–Crippen MR) is 36.1 cm³/mol. The molecule has 0 amide bonds. The Morgan fingerprint density at radius 1 is 1.00 bits per heavy atom. The smallest absolute Gasteiger partial charge is 0.387 e. The molecule has 0 fully saturated rings. The van der Waals surface area contributed by atoms with Gasteiger partial charge in [0.25, 0.3) is 0 Å². The number of carbonyl (C=O) groups is 1. The minimum Gasteiger partial charge on any atom is -0.387 e. The van der Waals surface area contributed by atoms with Crippen LogP contribution in [0.1, 0.15) is 0 Å². The zero-order chi connectivity index (χ0) is 11.5. The molecule has 0 heterocycles. The Morgan fingerprint density at radius 3 is 1.71 bits per heavy atom. The number of hydrogen-bond acceptors (Lipinski definition) is 5. The van der Waals surface area contributed by atoms with E-state index < -0.39 is 30.6 Å². The number of carbonyl (C=O) groups excluding carboxylic acids is 1. The van der Waals surface area contributed by atoms with Crippen LogP contribution in [0.25, 0.3) is 0 Å². The minimum atomic E-state index is -5.14. The fourth-order valence-corrected chi connectivity index (χ4v) is 0.663. The molecule has 0 rings (SSSR count). The van der Waals surface area contributed by atoms with E-state index in [1.165, 1.54) is 0 Å². The molecule has 0 saturated heterocycles. The Bertz CT molecular complexity index is 194. The van der Waals surface area contributed by atoms with E-state index in [2.05, 4.69) is 0 Å². The Kier molecular flexibility index (Phi) is 4.46. The first kappa shape index (κ1) is 13.3. The number of rotatable bonds is 4. The Morgan fingerprint density at radius 2 is 1.43 bits per heavy atom. The lowest BCUT2D eigenvalue weighted by atomic mass is 10.0. The van der Waals surface area contributed by atoms with Crippen LogP contribution in [0.3, 0.4) is 0 Å². The Balaban J connectivity index is 4.46. The van der Waals surface area contributed by atoms with Gasteiger partial charge in [0.1, 0.15) is 18.3 Å². The molecule has 4 atom stereocenters. The van der Waals surface area contributed by atoms with Gasteiger partial charge in [-0.1, -0.05) is 0 Å². The summed E-state index contributed by atoms with van der Waals surface area (Å²) < 4.78 is 35.2. The van der Waals surface area contributed by atoms with Crippen molar-refractivity contribution < 1.29 is 38.4 Å². The Hall–Kier alpha value is -0.700. The fourth-order valence-electron chi connectivity index (χ4n) is 0.663. The van der Waals surface area contributed by atoms with E-state index in [9.17, 15) is 18.0 Å². The number of halogens is 3. The van der Waals surface area contributed by atoms with E-state index >= 15 is 0 Å². The predicted octanol–water partition coefficient (Wildman–Crippen LogP) is -1.81. The second kappa shape index (κ2) is 4.69. The third-order valence-corrected chi connectivity index (χ3v) is 1.50. The Labute approximate surface area is 76.4 Å². The molecule has 8 heteroatoms. The SMILES string of the molecule is O=C[C@@H](O)[C@H](O)[C@H](O)[C@@H](O)C(F)(F)F. The molecule has 0 aliphatic carbocycles. The van der Waals surface area contributed by atoms with Gasteiger partial charge in [-0.25, -0.2) is 0 Å². The summed E-state index contributed by atoms with van der Waals surface area (Å²) in [4.78, 5) is 9.84. The second-order valence-corrected chi connectivity index (χ2v) is 2.59. The molecule has 4 N–H and O–H groups in total. The largest absolute Gasteiger partial charge is 0.417 e. The zero-order valence-electron chi connectivity index (χ0n) is 6.72. The van der Waals surface area contributed by atoms with Gasteiger partial charge in [-0.05, 0) is 0 Å². The molecule has 0 radical (unpaired) electrons. The summed E-state index contributed by atoms with van der Waals surface area (Å²) in [5, 5.41) is 34.4. The second-order valence-electron chi connectivity index (χ2n) is 2.59.